The molecule has 0 radical (unpaired) electrons. The fraction of sp³-hybridized carbons (Fsp3) is 0.542. The molecule has 7 nitrogen and oxygen atoms in total. The summed E-state index contributed by atoms with van der Waals surface area (Å²) < 4.78 is 16.2. The number of carbonyl (C=O) groups is 1. The van der Waals surface area contributed by atoms with Gasteiger partial charge in [0.15, 0.2) is 0 Å². The Hall–Kier alpha value is -2.51. The van der Waals surface area contributed by atoms with E-state index in [-0.39, 0.29) is 5.91 Å². The molecule has 0 unspecified atom stereocenters. The maximum Gasteiger partial charge on any atom is 0.226 e. The number of benzene rings is 1. The van der Waals surface area contributed by atoms with Crippen LogP contribution >= 0.6 is 0 Å². The van der Waals surface area contributed by atoms with Crippen LogP contribution in [0.3, 0.4) is 0 Å². The Kier molecular flexibility index (Phi) is 8.79. The van der Waals surface area contributed by atoms with Crippen LogP contribution in [-0.4, -0.2) is 60.8 Å². The van der Waals surface area contributed by atoms with Gasteiger partial charge in [0, 0.05) is 37.9 Å². The number of rotatable bonds is 10. The highest BCUT2D eigenvalue weighted by atomic mass is 16.5. The van der Waals surface area contributed by atoms with Crippen molar-refractivity contribution >= 4 is 5.91 Å². The Balaban J connectivity index is 1.55. The summed E-state index contributed by atoms with van der Waals surface area (Å²) in [6.45, 7) is 7.59. The third-order valence-electron chi connectivity index (χ3n) is 5.53. The molecular formula is C24H33N3O4. The van der Waals surface area contributed by atoms with Crippen molar-refractivity contribution in [3.05, 3.63) is 53.1 Å². The maximum absolute atomic E-state index is 12.8. The van der Waals surface area contributed by atoms with Crippen LogP contribution in [-0.2, 0) is 27.3 Å². The van der Waals surface area contributed by atoms with Crippen LogP contribution in [0.2, 0.25) is 0 Å². The minimum absolute atomic E-state index is 0.171. The van der Waals surface area contributed by atoms with E-state index >= 15 is 0 Å². The van der Waals surface area contributed by atoms with Crippen LogP contribution in [0.15, 0.2) is 30.5 Å². The summed E-state index contributed by atoms with van der Waals surface area (Å²) in [5, 5.41) is 0. The molecule has 0 atom stereocenters. The number of aryl methyl sites for hydroxylation is 1. The molecule has 1 aliphatic rings. The van der Waals surface area contributed by atoms with Gasteiger partial charge in [-0.2, -0.15) is 0 Å². The van der Waals surface area contributed by atoms with Crippen LogP contribution in [0.25, 0.3) is 0 Å². The predicted molar refractivity (Wildman–Crippen MR) is 118 cm³/mol. The maximum atomic E-state index is 12.8. The van der Waals surface area contributed by atoms with Gasteiger partial charge in [-0.25, -0.2) is 9.97 Å². The molecule has 2 heterocycles. The van der Waals surface area contributed by atoms with Crippen LogP contribution in [0.1, 0.15) is 48.3 Å². The third kappa shape index (κ3) is 6.74. The summed E-state index contributed by atoms with van der Waals surface area (Å²) in [5.41, 5.74) is 3.10. The lowest BCUT2D eigenvalue weighted by Gasteiger charge is -2.32. The van der Waals surface area contributed by atoms with Crippen molar-refractivity contribution in [2.45, 2.75) is 45.6 Å². The van der Waals surface area contributed by atoms with Crippen LogP contribution in [0.4, 0.5) is 0 Å². The Morgan fingerprint density at radius 3 is 2.58 bits per heavy atom. The molecule has 1 aromatic carbocycles. The van der Waals surface area contributed by atoms with Gasteiger partial charge in [-0.1, -0.05) is 12.1 Å². The summed E-state index contributed by atoms with van der Waals surface area (Å²) in [5.74, 6) is 2.09. The van der Waals surface area contributed by atoms with E-state index in [0.717, 1.165) is 54.3 Å². The lowest BCUT2D eigenvalue weighted by atomic mass is 9.90. The standard InChI is InChI=1S/C24H33N3O4/c1-4-31-22-7-5-19(6-8-22)15-23(28)27-11-9-20(10-12-27)24-21(16-25-18(2)26-24)17-30-14-13-29-3/h5-8,16,20H,4,9-15,17H2,1-3H3. The molecule has 168 valence electrons. The van der Waals surface area contributed by atoms with Crippen molar-refractivity contribution < 1.29 is 19.0 Å². The lowest BCUT2D eigenvalue weighted by Crippen LogP contribution is -2.39. The minimum Gasteiger partial charge on any atom is -0.494 e. The molecule has 0 N–H and O–H groups in total. The highest BCUT2D eigenvalue weighted by Crippen LogP contribution is 2.29. The highest BCUT2D eigenvalue weighted by molar-refractivity contribution is 5.79. The van der Waals surface area contributed by atoms with Crippen molar-refractivity contribution in [2.24, 2.45) is 0 Å². The zero-order valence-corrected chi connectivity index (χ0v) is 18.8. The summed E-state index contributed by atoms with van der Waals surface area (Å²) in [7, 11) is 1.66. The Bertz CT molecular complexity index is 833. The van der Waals surface area contributed by atoms with E-state index in [2.05, 4.69) is 4.98 Å². The van der Waals surface area contributed by atoms with Gasteiger partial charge >= 0.3 is 0 Å². The predicted octanol–water partition coefficient (Wildman–Crippen LogP) is 3.30. The average molecular weight is 428 g/mol. The Morgan fingerprint density at radius 2 is 1.90 bits per heavy atom. The van der Waals surface area contributed by atoms with Crippen LogP contribution < -0.4 is 4.74 Å². The minimum atomic E-state index is 0.171. The number of ether oxygens (including phenoxy) is 3. The van der Waals surface area contributed by atoms with Crippen molar-refractivity contribution in [3.63, 3.8) is 0 Å². The topological polar surface area (TPSA) is 73.8 Å². The molecule has 1 aromatic heterocycles. The zero-order valence-electron chi connectivity index (χ0n) is 18.8. The molecular weight excluding hydrogens is 394 g/mol. The highest BCUT2D eigenvalue weighted by Gasteiger charge is 2.26. The van der Waals surface area contributed by atoms with Gasteiger partial charge in [-0.15, -0.1) is 0 Å². The van der Waals surface area contributed by atoms with Gasteiger partial charge in [0.2, 0.25) is 5.91 Å². The molecule has 0 saturated carbocycles. The van der Waals surface area contributed by atoms with Crippen molar-refractivity contribution in [3.8, 4) is 5.75 Å². The van der Waals surface area contributed by atoms with Gasteiger partial charge < -0.3 is 19.1 Å². The zero-order chi connectivity index (χ0) is 22.1. The number of nitrogens with zero attached hydrogens (tertiary/aromatic N) is 3. The van der Waals surface area contributed by atoms with E-state index in [9.17, 15) is 4.79 Å². The molecule has 3 rings (SSSR count). The average Bonchev–Trinajstić information content (AvgIpc) is 2.79. The first-order chi connectivity index (χ1) is 15.1. The Morgan fingerprint density at radius 1 is 1.16 bits per heavy atom. The van der Waals surface area contributed by atoms with Gasteiger partial charge in [-0.3, -0.25) is 4.79 Å². The summed E-state index contributed by atoms with van der Waals surface area (Å²) >= 11 is 0. The van der Waals surface area contributed by atoms with Gasteiger partial charge in [0.25, 0.3) is 0 Å². The summed E-state index contributed by atoms with van der Waals surface area (Å²) in [6.07, 6.45) is 4.09. The number of hydrogen-bond donors (Lipinski definition) is 0. The normalized spacial score (nSPS) is 14.6. The monoisotopic (exact) mass is 427 g/mol. The fourth-order valence-electron chi connectivity index (χ4n) is 3.86. The number of piperidine rings is 1. The first-order valence-corrected chi connectivity index (χ1v) is 11.0. The van der Waals surface area contributed by atoms with E-state index in [1.54, 1.807) is 7.11 Å². The van der Waals surface area contributed by atoms with E-state index in [1.165, 1.54) is 0 Å². The smallest absolute Gasteiger partial charge is 0.226 e. The van der Waals surface area contributed by atoms with E-state index < -0.39 is 0 Å². The molecule has 1 saturated heterocycles. The van der Waals surface area contributed by atoms with Crippen LogP contribution in [0, 0.1) is 6.92 Å². The van der Waals surface area contributed by atoms with Gasteiger partial charge in [0.05, 0.1) is 38.5 Å². The fourth-order valence-corrected chi connectivity index (χ4v) is 3.86. The molecule has 1 fully saturated rings. The number of carbonyl (C=O) groups excluding carboxylic acids is 1. The first-order valence-electron chi connectivity index (χ1n) is 11.0. The van der Waals surface area contributed by atoms with Gasteiger partial charge in [0.1, 0.15) is 11.6 Å². The molecule has 1 amide bonds. The second kappa shape index (κ2) is 11.8. The second-order valence-electron chi connectivity index (χ2n) is 7.78. The number of hydrogen-bond acceptors (Lipinski definition) is 6. The summed E-state index contributed by atoms with van der Waals surface area (Å²) in [6, 6.07) is 7.78. The number of likely N-dealkylation sites (tertiary alicyclic amines) is 1. The van der Waals surface area contributed by atoms with Crippen molar-refractivity contribution in [1.29, 1.82) is 0 Å². The second-order valence-corrected chi connectivity index (χ2v) is 7.78. The van der Waals surface area contributed by atoms with Crippen LogP contribution in [0.5, 0.6) is 5.75 Å². The number of methoxy groups -OCH3 is 1. The summed E-state index contributed by atoms with van der Waals surface area (Å²) in [4.78, 5) is 23.8. The van der Waals surface area contributed by atoms with E-state index in [1.807, 2.05) is 49.2 Å². The van der Waals surface area contributed by atoms with E-state index in [4.69, 9.17) is 19.2 Å². The first kappa shape index (κ1) is 23.2. The molecule has 0 bridgehead atoms. The molecule has 7 heteroatoms. The molecule has 1 aliphatic heterocycles. The van der Waals surface area contributed by atoms with E-state index in [0.29, 0.717) is 38.8 Å². The molecule has 0 aliphatic carbocycles. The largest absolute Gasteiger partial charge is 0.494 e. The van der Waals surface area contributed by atoms with Crippen molar-refractivity contribution in [2.75, 3.05) is 40.0 Å². The molecule has 2 aromatic rings. The number of aromatic nitrogens is 2. The molecule has 0 spiro atoms. The number of amides is 1. The SMILES string of the molecule is CCOc1ccc(CC(=O)N2CCC(c3nc(C)ncc3COCCOC)CC2)cc1. The lowest BCUT2D eigenvalue weighted by molar-refractivity contribution is -0.131. The quantitative estimate of drug-likeness (QED) is 0.542. The Labute approximate surface area is 184 Å². The van der Waals surface area contributed by atoms with Gasteiger partial charge in [-0.05, 0) is 44.4 Å². The third-order valence-corrected chi connectivity index (χ3v) is 5.53. The van der Waals surface area contributed by atoms with Crippen molar-refractivity contribution in [1.82, 2.24) is 14.9 Å². The molecule has 31 heavy (non-hydrogen) atoms.